The summed E-state index contributed by atoms with van der Waals surface area (Å²) in [5.74, 6) is -0.162. The number of β-amino-alcohol motifs (C(OH)–C–C–N with tert-alkyl or cyclic N) is 1. The summed E-state index contributed by atoms with van der Waals surface area (Å²) in [6, 6.07) is 3.31. The molecule has 15 heavy (non-hydrogen) atoms. The Morgan fingerprint density at radius 3 is 3.07 bits per heavy atom. The number of aliphatic hydroxyl groups excluding tert-OH is 1. The van der Waals surface area contributed by atoms with E-state index < -0.39 is 6.10 Å². The normalized spacial score (nSPS) is 20.7. The van der Waals surface area contributed by atoms with Gasteiger partial charge in [-0.3, -0.25) is 4.79 Å². The Kier molecular flexibility index (Phi) is 2.88. The summed E-state index contributed by atoms with van der Waals surface area (Å²) < 4.78 is 0. The number of halogens is 1. The molecule has 1 atom stereocenters. The zero-order chi connectivity index (χ0) is 10.8. The highest BCUT2D eigenvalue weighted by molar-refractivity contribution is 6.32. The molecule has 5 heteroatoms. The minimum Gasteiger partial charge on any atom is -0.391 e. The maximum atomic E-state index is 11.9. The molecule has 2 heterocycles. The van der Waals surface area contributed by atoms with E-state index in [9.17, 15) is 9.90 Å². The second kappa shape index (κ2) is 4.16. The Balaban J connectivity index is 2.18. The summed E-state index contributed by atoms with van der Waals surface area (Å²) in [6.07, 6.45) is 1.76. The van der Waals surface area contributed by atoms with E-state index in [1.165, 1.54) is 6.20 Å². The van der Waals surface area contributed by atoms with Crippen LogP contribution in [0.25, 0.3) is 0 Å². The van der Waals surface area contributed by atoms with Gasteiger partial charge in [0.25, 0.3) is 5.91 Å². The van der Waals surface area contributed by atoms with E-state index in [1.54, 1.807) is 17.0 Å². The number of carbonyl (C=O) groups is 1. The van der Waals surface area contributed by atoms with Crippen molar-refractivity contribution in [3.05, 3.63) is 29.0 Å². The quantitative estimate of drug-likeness (QED) is 0.726. The fraction of sp³-hybridized carbons (Fsp3) is 0.400. The second-order valence-corrected chi connectivity index (χ2v) is 3.89. The molecule has 2 rings (SSSR count). The highest BCUT2D eigenvalue weighted by atomic mass is 35.5. The zero-order valence-electron chi connectivity index (χ0n) is 8.06. The van der Waals surface area contributed by atoms with Crippen LogP contribution in [-0.2, 0) is 0 Å². The van der Waals surface area contributed by atoms with Crippen molar-refractivity contribution in [3.63, 3.8) is 0 Å². The van der Waals surface area contributed by atoms with E-state index >= 15 is 0 Å². The van der Waals surface area contributed by atoms with Crippen molar-refractivity contribution in [2.24, 2.45) is 0 Å². The van der Waals surface area contributed by atoms with Gasteiger partial charge in [0.2, 0.25) is 0 Å². The Hall–Kier alpha value is -1.13. The van der Waals surface area contributed by atoms with Gasteiger partial charge in [-0.25, -0.2) is 4.98 Å². The Morgan fingerprint density at radius 2 is 2.47 bits per heavy atom. The van der Waals surface area contributed by atoms with Crippen molar-refractivity contribution in [2.45, 2.75) is 12.5 Å². The number of nitrogens with zero attached hydrogens (tertiary/aromatic N) is 2. The van der Waals surface area contributed by atoms with Crippen LogP contribution in [0.3, 0.4) is 0 Å². The first kappa shape index (κ1) is 10.4. The van der Waals surface area contributed by atoms with Crippen LogP contribution in [-0.4, -0.2) is 40.1 Å². The molecule has 0 unspecified atom stereocenters. The SMILES string of the molecule is O=C(c1cccnc1Cl)N1CC[C@H](O)C1. The number of hydrogen-bond acceptors (Lipinski definition) is 3. The van der Waals surface area contributed by atoms with Gasteiger partial charge in [-0.15, -0.1) is 0 Å². The smallest absolute Gasteiger partial charge is 0.257 e. The van der Waals surface area contributed by atoms with E-state index in [-0.39, 0.29) is 11.1 Å². The lowest BCUT2D eigenvalue weighted by Crippen LogP contribution is -2.29. The van der Waals surface area contributed by atoms with Crippen LogP contribution in [0.15, 0.2) is 18.3 Å². The molecule has 4 nitrogen and oxygen atoms in total. The maximum Gasteiger partial charge on any atom is 0.257 e. The minimum atomic E-state index is -0.413. The summed E-state index contributed by atoms with van der Waals surface area (Å²) in [5, 5.41) is 9.53. The van der Waals surface area contributed by atoms with Crippen LogP contribution >= 0.6 is 11.6 Å². The van der Waals surface area contributed by atoms with E-state index in [0.29, 0.717) is 25.1 Å². The number of aromatic nitrogens is 1. The van der Waals surface area contributed by atoms with Gasteiger partial charge in [-0.05, 0) is 18.6 Å². The van der Waals surface area contributed by atoms with Crippen LogP contribution in [0, 0.1) is 0 Å². The summed E-state index contributed by atoms with van der Waals surface area (Å²) in [7, 11) is 0. The summed E-state index contributed by atoms with van der Waals surface area (Å²) >= 11 is 5.81. The number of carbonyl (C=O) groups excluding carboxylic acids is 1. The number of pyridine rings is 1. The first-order chi connectivity index (χ1) is 7.18. The van der Waals surface area contributed by atoms with Crippen molar-refractivity contribution in [3.8, 4) is 0 Å². The average molecular weight is 227 g/mol. The molecule has 0 saturated carbocycles. The van der Waals surface area contributed by atoms with Gasteiger partial charge >= 0.3 is 0 Å². The van der Waals surface area contributed by atoms with Gasteiger partial charge in [-0.2, -0.15) is 0 Å². The van der Waals surface area contributed by atoms with Crippen molar-refractivity contribution in [1.82, 2.24) is 9.88 Å². The molecule has 0 radical (unpaired) electrons. The highest BCUT2D eigenvalue weighted by Crippen LogP contribution is 2.17. The minimum absolute atomic E-state index is 0.162. The highest BCUT2D eigenvalue weighted by Gasteiger charge is 2.26. The van der Waals surface area contributed by atoms with Crippen LogP contribution < -0.4 is 0 Å². The third-order valence-corrected chi connectivity index (χ3v) is 2.74. The summed E-state index contributed by atoms with van der Waals surface area (Å²) in [5.41, 5.74) is 0.397. The Bertz CT molecular complexity index is 383. The van der Waals surface area contributed by atoms with Gasteiger partial charge < -0.3 is 10.0 Å². The number of rotatable bonds is 1. The molecule has 0 aromatic carbocycles. The maximum absolute atomic E-state index is 11.9. The number of aliphatic hydroxyl groups is 1. The standard InChI is InChI=1S/C10H11ClN2O2/c11-9-8(2-1-4-12-9)10(15)13-5-3-7(14)6-13/h1-2,4,7,14H,3,5-6H2/t7-/m0/s1. The van der Waals surface area contributed by atoms with Crippen molar-refractivity contribution in [1.29, 1.82) is 0 Å². The molecule has 1 N–H and O–H groups in total. The molecule has 1 amide bonds. The lowest BCUT2D eigenvalue weighted by molar-refractivity contribution is 0.0764. The molecule has 0 spiro atoms. The van der Waals surface area contributed by atoms with Gasteiger partial charge in [0.05, 0.1) is 11.7 Å². The third-order valence-electron chi connectivity index (χ3n) is 2.44. The van der Waals surface area contributed by atoms with Gasteiger partial charge in [0.1, 0.15) is 5.15 Å². The molecule has 0 bridgehead atoms. The molecule has 80 valence electrons. The van der Waals surface area contributed by atoms with E-state index in [2.05, 4.69) is 4.98 Å². The molecular weight excluding hydrogens is 216 g/mol. The number of hydrogen-bond donors (Lipinski definition) is 1. The molecule has 1 aliphatic heterocycles. The zero-order valence-corrected chi connectivity index (χ0v) is 8.81. The molecule has 1 fully saturated rings. The topological polar surface area (TPSA) is 53.4 Å². The van der Waals surface area contributed by atoms with Crippen LogP contribution in [0.2, 0.25) is 5.15 Å². The van der Waals surface area contributed by atoms with Gasteiger partial charge in [-0.1, -0.05) is 11.6 Å². The monoisotopic (exact) mass is 226 g/mol. The van der Waals surface area contributed by atoms with E-state index in [0.717, 1.165) is 0 Å². The Labute approximate surface area is 92.5 Å². The van der Waals surface area contributed by atoms with Crippen LogP contribution in [0.5, 0.6) is 0 Å². The molecule has 1 aliphatic rings. The lowest BCUT2D eigenvalue weighted by atomic mass is 10.2. The van der Waals surface area contributed by atoms with E-state index in [4.69, 9.17) is 11.6 Å². The summed E-state index contributed by atoms with van der Waals surface area (Å²) in [4.78, 5) is 17.3. The predicted octanol–water partition coefficient (Wildman–Crippen LogP) is 0.942. The molecule has 1 aromatic rings. The largest absolute Gasteiger partial charge is 0.391 e. The van der Waals surface area contributed by atoms with Crippen LogP contribution in [0.1, 0.15) is 16.8 Å². The third kappa shape index (κ3) is 2.11. The lowest BCUT2D eigenvalue weighted by Gasteiger charge is -2.15. The molecule has 1 aromatic heterocycles. The van der Waals surface area contributed by atoms with Crippen molar-refractivity contribution in [2.75, 3.05) is 13.1 Å². The van der Waals surface area contributed by atoms with Crippen molar-refractivity contribution >= 4 is 17.5 Å². The first-order valence-electron chi connectivity index (χ1n) is 4.76. The van der Waals surface area contributed by atoms with E-state index in [1.807, 2.05) is 0 Å². The molecule has 0 aliphatic carbocycles. The number of likely N-dealkylation sites (tertiary alicyclic amines) is 1. The Morgan fingerprint density at radius 1 is 1.67 bits per heavy atom. The molecule has 1 saturated heterocycles. The second-order valence-electron chi connectivity index (χ2n) is 3.54. The van der Waals surface area contributed by atoms with Gasteiger partial charge in [0, 0.05) is 19.3 Å². The van der Waals surface area contributed by atoms with Crippen LogP contribution in [0.4, 0.5) is 0 Å². The number of amides is 1. The fourth-order valence-electron chi connectivity index (χ4n) is 1.64. The van der Waals surface area contributed by atoms with Crippen molar-refractivity contribution < 1.29 is 9.90 Å². The fourth-order valence-corrected chi connectivity index (χ4v) is 1.84. The summed E-state index contributed by atoms with van der Waals surface area (Å²) in [6.45, 7) is 0.954. The molecular formula is C10H11ClN2O2. The van der Waals surface area contributed by atoms with Gasteiger partial charge in [0.15, 0.2) is 0 Å². The average Bonchev–Trinajstić information content (AvgIpc) is 2.65. The first-order valence-corrected chi connectivity index (χ1v) is 5.14. The predicted molar refractivity (Wildman–Crippen MR) is 55.8 cm³/mol.